The fourth-order valence-electron chi connectivity index (χ4n) is 1.73. The molecule has 0 aliphatic carbocycles. The van der Waals surface area contributed by atoms with Gasteiger partial charge in [-0.25, -0.2) is 4.39 Å². The summed E-state index contributed by atoms with van der Waals surface area (Å²) < 4.78 is 25.8. The molecule has 0 radical (unpaired) electrons. The van der Waals surface area contributed by atoms with Crippen molar-refractivity contribution in [3.63, 3.8) is 0 Å². The van der Waals surface area contributed by atoms with Gasteiger partial charge in [0.15, 0.2) is 0 Å². The van der Waals surface area contributed by atoms with Crippen molar-refractivity contribution in [1.82, 2.24) is 5.32 Å². The molecule has 1 aromatic rings. The maximum atomic E-state index is 13.6. The third-order valence-corrected chi connectivity index (χ3v) is 4.35. The minimum Gasteiger partial charge on any atom is -0.313 e. The van der Waals surface area contributed by atoms with Crippen molar-refractivity contribution >= 4 is 10.8 Å². The zero-order valence-corrected chi connectivity index (χ0v) is 12.3. The van der Waals surface area contributed by atoms with Crippen LogP contribution in [0, 0.1) is 11.2 Å². The highest BCUT2D eigenvalue weighted by Gasteiger charge is 2.26. The van der Waals surface area contributed by atoms with Crippen LogP contribution in [-0.2, 0) is 10.8 Å². The summed E-state index contributed by atoms with van der Waals surface area (Å²) in [6.45, 7) is 9.12. The minimum absolute atomic E-state index is 0.00305. The molecule has 102 valence electrons. The Labute approximate surface area is 111 Å². The molecule has 0 aliphatic heterocycles. The number of nitrogens with one attached hydrogen (secondary N) is 1. The first kappa shape index (κ1) is 15.3. The SMILES string of the molecule is CCNC(CS(=O)c1ccccc1F)C(C)(C)C. The van der Waals surface area contributed by atoms with Gasteiger partial charge in [0.1, 0.15) is 5.82 Å². The molecule has 4 heteroatoms. The van der Waals surface area contributed by atoms with Crippen molar-refractivity contribution < 1.29 is 8.60 Å². The molecule has 0 aliphatic rings. The molecule has 0 heterocycles. The zero-order valence-electron chi connectivity index (χ0n) is 11.5. The lowest BCUT2D eigenvalue weighted by Crippen LogP contribution is -2.44. The van der Waals surface area contributed by atoms with Gasteiger partial charge in [0.2, 0.25) is 0 Å². The van der Waals surface area contributed by atoms with E-state index in [0.717, 1.165) is 6.54 Å². The summed E-state index contributed by atoms with van der Waals surface area (Å²) in [5.41, 5.74) is -0.00305. The van der Waals surface area contributed by atoms with Crippen LogP contribution in [0.3, 0.4) is 0 Å². The number of rotatable bonds is 5. The maximum Gasteiger partial charge on any atom is 0.139 e. The minimum atomic E-state index is -1.31. The first-order valence-electron chi connectivity index (χ1n) is 6.22. The maximum absolute atomic E-state index is 13.6. The van der Waals surface area contributed by atoms with E-state index in [1.54, 1.807) is 18.2 Å². The monoisotopic (exact) mass is 271 g/mol. The summed E-state index contributed by atoms with van der Waals surface area (Å²) in [5.74, 6) is 0.0399. The quantitative estimate of drug-likeness (QED) is 0.892. The molecule has 0 spiro atoms. The standard InChI is InChI=1S/C14H22FNOS/c1-5-16-13(14(2,3)4)10-18(17)12-9-7-6-8-11(12)15/h6-9,13,16H,5,10H2,1-4H3. The molecule has 2 nitrogen and oxygen atoms in total. The number of halogens is 1. The Morgan fingerprint density at radius 2 is 1.94 bits per heavy atom. The van der Waals surface area contributed by atoms with Crippen LogP contribution in [-0.4, -0.2) is 22.5 Å². The molecule has 0 saturated carbocycles. The van der Waals surface area contributed by atoms with Gasteiger partial charge in [0.25, 0.3) is 0 Å². The Morgan fingerprint density at radius 1 is 1.33 bits per heavy atom. The van der Waals surface area contributed by atoms with Gasteiger partial charge in [-0.3, -0.25) is 4.21 Å². The van der Waals surface area contributed by atoms with Crippen LogP contribution >= 0.6 is 0 Å². The van der Waals surface area contributed by atoms with Gasteiger partial charge in [-0.15, -0.1) is 0 Å². The van der Waals surface area contributed by atoms with Crippen LogP contribution in [0.15, 0.2) is 29.2 Å². The predicted molar refractivity (Wildman–Crippen MR) is 74.6 cm³/mol. The van der Waals surface area contributed by atoms with E-state index in [1.165, 1.54) is 6.07 Å². The van der Waals surface area contributed by atoms with Crippen LogP contribution in [0.5, 0.6) is 0 Å². The first-order chi connectivity index (χ1) is 8.36. The van der Waals surface area contributed by atoms with E-state index >= 15 is 0 Å². The molecule has 1 N–H and O–H groups in total. The molecule has 0 saturated heterocycles. The van der Waals surface area contributed by atoms with Gasteiger partial charge < -0.3 is 5.32 Å². The van der Waals surface area contributed by atoms with E-state index in [4.69, 9.17) is 0 Å². The van der Waals surface area contributed by atoms with E-state index in [-0.39, 0.29) is 17.3 Å². The van der Waals surface area contributed by atoms with Crippen molar-refractivity contribution in [3.05, 3.63) is 30.1 Å². The summed E-state index contributed by atoms with van der Waals surface area (Å²) in [5, 5.41) is 3.33. The molecule has 1 aromatic carbocycles. The van der Waals surface area contributed by atoms with Crippen molar-refractivity contribution in [2.45, 2.75) is 38.6 Å². The summed E-state index contributed by atoms with van der Waals surface area (Å²) >= 11 is 0. The van der Waals surface area contributed by atoms with E-state index in [2.05, 4.69) is 26.1 Å². The van der Waals surface area contributed by atoms with Gasteiger partial charge in [-0.2, -0.15) is 0 Å². The predicted octanol–water partition coefficient (Wildman–Crippen LogP) is 2.96. The summed E-state index contributed by atoms with van der Waals surface area (Å²) in [4.78, 5) is 0.296. The Balaban J connectivity index is 2.82. The normalized spacial score (nSPS) is 15.4. The Morgan fingerprint density at radius 3 is 2.44 bits per heavy atom. The van der Waals surface area contributed by atoms with Gasteiger partial charge >= 0.3 is 0 Å². The van der Waals surface area contributed by atoms with E-state index in [0.29, 0.717) is 10.6 Å². The van der Waals surface area contributed by atoms with Crippen molar-refractivity contribution in [3.8, 4) is 0 Å². The van der Waals surface area contributed by atoms with Crippen LogP contribution in [0.2, 0.25) is 0 Å². The Hall–Kier alpha value is -0.740. The lowest BCUT2D eigenvalue weighted by molar-refractivity contribution is 0.294. The van der Waals surface area contributed by atoms with Crippen molar-refractivity contribution in [2.75, 3.05) is 12.3 Å². The molecule has 0 aromatic heterocycles. The second-order valence-corrected chi connectivity index (χ2v) is 6.88. The van der Waals surface area contributed by atoms with Crippen LogP contribution < -0.4 is 5.32 Å². The third-order valence-electron chi connectivity index (χ3n) is 2.90. The molecule has 0 fully saturated rings. The fourth-order valence-corrected chi connectivity index (χ4v) is 3.35. The molecule has 0 bridgehead atoms. The van der Waals surface area contributed by atoms with Gasteiger partial charge in [0.05, 0.1) is 15.7 Å². The lowest BCUT2D eigenvalue weighted by Gasteiger charge is -2.31. The van der Waals surface area contributed by atoms with Crippen LogP contribution in [0.1, 0.15) is 27.7 Å². The average Bonchev–Trinajstić information content (AvgIpc) is 2.27. The number of hydrogen-bond donors (Lipinski definition) is 1. The second kappa shape index (κ2) is 6.43. The highest BCUT2D eigenvalue weighted by atomic mass is 32.2. The zero-order chi connectivity index (χ0) is 13.8. The molecule has 0 amide bonds. The Bertz CT molecular complexity index is 415. The molecule has 2 atom stereocenters. The van der Waals surface area contributed by atoms with Crippen LogP contribution in [0.4, 0.5) is 4.39 Å². The lowest BCUT2D eigenvalue weighted by atomic mass is 9.88. The van der Waals surface area contributed by atoms with E-state index in [9.17, 15) is 8.60 Å². The Kier molecular flexibility index (Phi) is 5.47. The smallest absolute Gasteiger partial charge is 0.139 e. The first-order valence-corrected chi connectivity index (χ1v) is 7.54. The van der Waals surface area contributed by atoms with Gasteiger partial charge in [-0.1, -0.05) is 39.8 Å². The molecular weight excluding hydrogens is 249 g/mol. The topological polar surface area (TPSA) is 29.1 Å². The highest BCUT2D eigenvalue weighted by molar-refractivity contribution is 7.85. The van der Waals surface area contributed by atoms with Crippen molar-refractivity contribution in [2.24, 2.45) is 5.41 Å². The molecule has 2 unspecified atom stereocenters. The van der Waals surface area contributed by atoms with Gasteiger partial charge in [-0.05, 0) is 24.1 Å². The molecular formula is C14H22FNOS. The van der Waals surface area contributed by atoms with Crippen molar-refractivity contribution in [1.29, 1.82) is 0 Å². The molecule has 1 rings (SSSR count). The summed E-state index contributed by atoms with van der Waals surface area (Å²) in [6, 6.07) is 6.38. The van der Waals surface area contributed by atoms with Crippen LogP contribution in [0.25, 0.3) is 0 Å². The largest absolute Gasteiger partial charge is 0.313 e. The second-order valence-electron chi connectivity index (χ2n) is 5.42. The summed E-state index contributed by atoms with van der Waals surface area (Å²) in [6.07, 6.45) is 0. The molecule has 18 heavy (non-hydrogen) atoms. The van der Waals surface area contributed by atoms with E-state index < -0.39 is 10.8 Å². The number of benzene rings is 1. The van der Waals surface area contributed by atoms with E-state index in [1.807, 2.05) is 6.92 Å². The average molecular weight is 271 g/mol. The summed E-state index contributed by atoms with van der Waals surface area (Å²) in [7, 11) is -1.31. The number of hydrogen-bond acceptors (Lipinski definition) is 2. The van der Waals surface area contributed by atoms with Gasteiger partial charge in [0, 0.05) is 11.8 Å². The fraction of sp³-hybridized carbons (Fsp3) is 0.571. The highest BCUT2D eigenvalue weighted by Crippen LogP contribution is 2.22. The third kappa shape index (κ3) is 4.18.